The topological polar surface area (TPSA) is 69.0 Å². The second-order valence-electron chi connectivity index (χ2n) is 7.20. The molecule has 1 aromatic carbocycles. The van der Waals surface area contributed by atoms with Gasteiger partial charge in [0.15, 0.2) is 15.6 Å². The molecule has 3 aromatic rings. The number of aromatic nitrogens is 2. The Morgan fingerprint density at radius 2 is 2.11 bits per heavy atom. The van der Waals surface area contributed by atoms with Gasteiger partial charge in [0.2, 0.25) is 0 Å². The number of thioether (sulfide) groups is 1. The molecule has 1 atom stereocenters. The Balaban J connectivity index is 1.43. The number of hydrogen-bond acceptors (Lipinski definition) is 6. The summed E-state index contributed by atoms with van der Waals surface area (Å²) >= 11 is 3.24. The Morgan fingerprint density at radius 3 is 2.82 bits per heavy atom. The van der Waals surface area contributed by atoms with Crippen molar-refractivity contribution in [3.63, 3.8) is 0 Å². The quantitative estimate of drug-likeness (QED) is 0.544. The molecule has 4 rings (SSSR count). The first-order valence-corrected chi connectivity index (χ1v) is 13.0. The van der Waals surface area contributed by atoms with E-state index < -0.39 is 9.84 Å². The lowest BCUT2D eigenvalue weighted by atomic mass is 10.2. The number of Topliss-reactive ketones (excluding diaryl/α,β-unsaturated/α-hetero) is 1. The monoisotopic (exact) mass is 434 g/mol. The number of thiazole rings is 1. The average molecular weight is 435 g/mol. The van der Waals surface area contributed by atoms with Crippen molar-refractivity contribution in [2.75, 3.05) is 17.3 Å². The van der Waals surface area contributed by atoms with Gasteiger partial charge in [0.05, 0.1) is 27.5 Å². The SMILES string of the molecule is Cc1cc(C(=O)CSCc2nc3ccccc3s2)c(C)n1C1CCS(=O)(=O)C1. The molecule has 148 valence electrons. The van der Waals surface area contributed by atoms with Gasteiger partial charge in [0.25, 0.3) is 0 Å². The predicted molar refractivity (Wildman–Crippen MR) is 116 cm³/mol. The summed E-state index contributed by atoms with van der Waals surface area (Å²) in [7, 11) is -2.96. The highest BCUT2D eigenvalue weighted by Gasteiger charge is 2.31. The van der Waals surface area contributed by atoms with Gasteiger partial charge in [-0.25, -0.2) is 13.4 Å². The molecule has 0 bridgehead atoms. The Hall–Kier alpha value is -1.64. The summed E-state index contributed by atoms with van der Waals surface area (Å²) in [5, 5.41) is 1.03. The summed E-state index contributed by atoms with van der Waals surface area (Å²) in [5.41, 5.74) is 3.55. The fourth-order valence-electron chi connectivity index (χ4n) is 3.89. The van der Waals surface area contributed by atoms with Crippen molar-refractivity contribution < 1.29 is 13.2 Å². The van der Waals surface area contributed by atoms with Gasteiger partial charge in [-0.15, -0.1) is 23.1 Å². The summed E-state index contributed by atoms with van der Waals surface area (Å²) in [6.45, 7) is 3.87. The molecule has 0 spiro atoms. The van der Waals surface area contributed by atoms with E-state index in [1.807, 2.05) is 42.7 Å². The first-order chi connectivity index (χ1) is 13.3. The van der Waals surface area contributed by atoms with Crippen molar-refractivity contribution in [3.05, 3.63) is 52.3 Å². The number of carbonyl (C=O) groups excluding carboxylic acids is 1. The van der Waals surface area contributed by atoms with Crippen LogP contribution >= 0.6 is 23.1 Å². The van der Waals surface area contributed by atoms with Crippen LogP contribution in [-0.4, -0.2) is 41.0 Å². The molecular formula is C20H22N2O3S3. The number of rotatable bonds is 6. The van der Waals surface area contributed by atoms with Crippen molar-refractivity contribution in [3.8, 4) is 0 Å². The van der Waals surface area contributed by atoms with E-state index in [0.29, 0.717) is 23.5 Å². The lowest BCUT2D eigenvalue weighted by Crippen LogP contribution is -2.14. The minimum atomic E-state index is -2.96. The third-order valence-corrected chi connectivity index (χ3v) is 9.07. The predicted octanol–water partition coefficient (Wildman–Crippen LogP) is 4.19. The van der Waals surface area contributed by atoms with E-state index in [9.17, 15) is 13.2 Å². The zero-order valence-corrected chi connectivity index (χ0v) is 18.3. The van der Waals surface area contributed by atoms with E-state index in [1.165, 1.54) is 4.70 Å². The third kappa shape index (κ3) is 3.90. The van der Waals surface area contributed by atoms with Crippen LogP contribution in [0.2, 0.25) is 0 Å². The molecule has 8 heteroatoms. The minimum Gasteiger partial charge on any atom is -0.344 e. The molecular weight excluding hydrogens is 412 g/mol. The molecule has 0 saturated carbocycles. The molecule has 1 aliphatic heterocycles. The highest BCUT2D eigenvalue weighted by molar-refractivity contribution is 7.99. The van der Waals surface area contributed by atoms with Crippen LogP contribution in [0, 0.1) is 13.8 Å². The van der Waals surface area contributed by atoms with Crippen LogP contribution in [-0.2, 0) is 15.6 Å². The summed E-state index contributed by atoms with van der Waals surface area (Å²) in [4.78, 5) is 17.4. The normalized spacial score (nSPS) is 18.7. The van der Waals surface area contributed by atoms with Gasteiger partial charge in [-0.05, 0) is 38.5 Å². The average Bonchev–Trinajstić information content (AvgIpc) is 3.29. The molecule has 1 unspecified atom stereocenters. The van der Waals surface area contributed by atoms with Crippen molar-refractivity contribution in [1.29, 1.82) is 0 Å². The number of carbonyl (C=O) groups is 1. The second kappa shape index (κ2) is 7.65. The van der Waals surface area contributed by atoms with Crippen LogP contribution in [0.1, 0.15) is 39.2 Å². The van der Waals surface area contributed by atoms with Gasteiger partial charge in [-0.1, -0.05) is 12.1 Å². The molecule has 0 aliphatic carbocycles. The van der Waals surface area contributed by atoms with Gasteiger partial charge in [0, 0.05) is 28.7 Å². The number of ketones is 1. The molecule has 0 N–H and O–H groups in total. The zero-order chi connectivity index (χ0) is 19.9. The van der Waals surface area contributed by atoms with Crippen molar-refractivity contribution in [2.45, 2.75) is 32.1 Å². The number of para-hydroxylation sites is 1. The maximum atomic E-state index is 12.8. The third-order valence-electron chi connectivity index (χ3n) is 5.16. The van der Waals surface area contributed by atoms with E-state index in [-0.39, 0.29) is 23.3 Å². The van der Waals surface area contributed by atoms with E-state index in [0.717, 1.165) is 21.9 Å². The Morgan fingerprint density at radius 1 is 1.32 bits per heavy atom. The lowest BCUT2D eigenvalue weighted by molar-refractivity contribution is 0.102. The van der Waals surface area contributed by atoms with Crippen LogP contribution in [0.5, 0.6) is 0 Å². The molecule has 0 radical (unpaired) electrons. The number of sulfone groups is 1. The van der Waals surface area contributed by atoms with E-state index >= 15 is 0 Å². The molecule has 1 aliphatic rings. The fraction of sp³-hybridized carbons (Fsp3) is 0.400. The number of nitrogens with zero attached hydrogens (tertiary/aromatic N) is 2. The number of fused-ring (bicyclic) bond motifs is 1. The van der Waals surface area contributed by atoms with Crippen LogP contribution in [0.25, 0.3) is 10.2 Å². The van der Waals surface area contributed by atoms with Crippen LogP contribution in [0.4, 0.5) is 0 Å². The highest BCUT2D eigenvalue weighted by atomic mass is 32.2. The number of aryl methyl sites for hydroxylation is 1. The standard InChI is InChI=1S/C20H22N2O3S3/c1-13-9-16(14(2)22(13)15-7-8-28(24,25)12-15)18(23)10-26-11-20-21-17-5-3-4-6-19(17)27-20/h3-6,9,15H,7-8,10-12H2,1-2H3. The molecule has 2 aromatic heterocycles. The summed E-state index contributed by atoms with van der Waals surface area (Å²) in [6, 6.07) is 9.90. The zero-order valence-electron chi connectivity index (χ0n) is 15.8. The van der Waals surface area contributed by atoms with Crippen molar-refractivity contribution in [1.82, 2.24) is 9.55 Å². The van der Waals surface area contributed by atoms with E-state index in [4.69, 9.17) is 0 Å². The molecule has 28 heavy (non-hydrogen) atoms. The van der Waals surface area contributed by atoms with Gasteiger partial charge in [-0.3, -0.25) is 4.79 Å². The van der Waals surface area contributed by atoms with Crippen LogP contribution in [0.3, 0.4) is 0 Å². The van der Waals surface area contributed by atoms with Crippen LogP contribution in [0.15, 0.2) is 30.3 Å². The molecule has 0 amide bonds. The van der Waals surface area contributed by atoms with Crippen molar-refractivity contribution >= 4 is 48.9 Å². The highest BCUT2D eigenvalue weighted by Crippen LogP contribution is 2.30. The molecule has 1 fully saturated rings. The Kier molecular flexibility index (Phi) is 5.37. The summed E-state index contributed by atoms with van der Waals surface area (Å²) in [6.07, 6.45) is 0.624. The van der Waals surface area contributed by atoms with Gasteiger partial charge in [0.1, 0.15) is 5.01 Å². The smallest absolute Gasteiger partial charge is 0.174 e. The second-order valence-corrected chi connectivity index (χ2v) is 11.5. The largest absolute Gasteiger partial charge is 0.344 e. The maximum absolute atomic E-state index is 12.8. The van der Waals surface area contributed by atoms with E-state index in [1.54, 1.807) is 23.1 Å². The molecule has 5 nitrogen and oxygen atoms in total. The summed E-state index contributed by atoms with van der Waals surface area (Å²) < 4.78 is 26.9. The first-order valence-electron chi connectivity index (χ1n) is 9.18. The van der Waals surface area contributed by atoms with Gasteiger partial charge in [-0.2, -0.15) is 0 Å². The lowest BCUT2D eigenvalue weighted by Gasteiger charge is -2.16. The Labute approximate surface area is 173 Å². The minimum absolute atomic E-state index is 0.0537. The van der Waals surface area contributed by atoms with Gasteiger partial charge >= 0.3 is 0 Å². The van der Waals surface area contributed by atoms with Gasteiger partial charge < -0.3 is 4.57 Å². The molecule has 1 saturated heterocycles. The number of benzene rings is 1. The summed E-state index contributed by atoms with van der Waals surface area (Å²) in [5.74, 6) is 1.60. The van der Waals surface area contributed by atoms with Crippen molar-refractivity contribution in [2.24, 2.45) is 0 Å². The number of hydrogen-bond donors (Lipinski definition) is 0. The van der Waals surface area contributed by atoms with E-state index in [2.05, 4.69) is 11.1 Å². The Bertz CT molecular complexity index is 1110. The first kappa shape index (κ1) is 19.7. The fourth-order valence-corrected chi connectivity index (χ4v) is 7.52. The van der Waals surface area contributed by atoms with Crippen LogP contribution < -0.4 is 0 Å². The maximum Gasteiger partial charge on any atom is 0.174 e. The molecule has 3 heterocycles.